The minimum atomic E-state index is -0.443. The van der Waals surface area contributed by atoms with Crippen molar-refractivity contribution in [3.05, 3.63) is 70.3 Å². The van der Waals surface area contributed by atoms with Crippen molar-refractivity contribution in [1.82, 2.24) is 15.1 Å². The van der Waals surface area contributed by atoms with Crippen LogP contribution in [0.5, 0.6) is 5.75 Å². The third kappa shape index (κ3) is 3.94. The van der Waals surface area contributed by atoms with Crippen molar-refractivity contribution in [2.45, 2.75) is 13.5 Å². The highest BCUT2D eigenvalue weighted by Gasteiger charge is 2.34. The average molecular weight is 447 g/mol. The van der Waals surface area contributed by atoms with E-state index in [0.29, 0.717) is 28.7 Å². The number of carbonyl (C=O) groups is 1. The fraction of sp³-hybridized carbons (Fsp3) is 0.150. The van der Waals surface area contributed by atoms with Crippen LogP contribution in [0.1, 0.15) is 17.2 Å². The third-order valence-corrected chi connectivity index (χ3v) is 4.92. The van der Waals surface area contributed by atoms with Gasteiger partial charge in [-0.3, -0.25) is 9.48 Å². The van der Waals surface area contributed by atoms with E-state index in [4.69, 9.17) is 33.0 Å². The minimum absolute atomic E-state index is 0.0926. The maximum Gasteiger partial charge on any atom is 0.281 e. The Hall–Kier alpha value is -3.17. The lowest BCUT2D eigenvalue weighted by atomic mass is 10.3. The molecule has 1 N–H and O–H groups in total. The van der Waals surface area contributed by atoms with E-state index in [1.54, 1.807) is 43.1 Å². The Bertz CT molecular complexity index is 1190. The summed E-state index contributed by atoms with van der Waals surface area (Å²) in [5.41, 5.74) is 1.59. The van der Waals surface area contributed by atoms with Crippen molar-refractivity contribution in [1.29, 1.82) is 0 Å². The second-order valence-electron chi connectivity index (χ2n) is 6.57. The SMILES string of the molecule is Cc1nn(C)cc1N1C(=O)/C(=C\c2ccc(COc3ccc(F)cc3Cl)o2)NC1=S. The van der Waals surface area contributed by atoms with Crippen LogP contribution >= 0.6 is 23.8 Å². The van der Waals surface area contributed by atoms with E-state index >= 15 is 0 Å². The van der Waals surface area contributed by atoms with Gasteiger partial charge in [0.2, 0.25) is 0 Å². The number of hydrogen-bond donors (Lipinski definition) is 1. The molecule has 0 atom stereocenters. The average Bonchev–Trinajstić information content (AvgIpc) is 3.33. The maximum absolute atomic E-state index is 13.1. The first-order valence-corrected chi connectivity index (χ1v) is 9.64. The fourth-order valence-electron chi connectivity index (χ4n) is 2.99. The second kappa shape index (κ2) is 7.92. The number of anilines is 1. The maximum atomic E-state index is 13.1. The Balaban J connectivity index is 1.48. The number of hydrogen-bond acceptors (Lipinski definition) is 5. The normalized spacial score (nSPS) is 15.2. The molecule has 1 fully saturated rings. The number of halogens is 2. The van der Waals surface area contributed by atoms with E-state index in [9.17, 15) is 9.18 Å². The van der Waals surface area contributed by atoms with Crippen LogP contribution in [-0.2, 0) is 18.4 Å². The molecule has 4 rings (SSSR count). The van der Waals surface area contributed by atoms with Gasteiger partial charge in [-0.05, 0) is 49.5 Å². The summed E-state index contributed by atoms with van der Waals surface area (Å²) in [7, 11) is 1.77. The number of nitrogens with zero attached hydrogens (tertiary/aromatic N) is 3. The minimum Gasteiger partial charge on any atom is -0.484 e. The lowest BCUT2D eigenvalue weighted by molar-refractivity contribution is -0.113. The molecular weight excluding hydrogens is 431 g/mol. The predicted octanol–water partition coefficient (Wildman–Crippen LogP) is 3.96. The molecule has 154 valence electrons. The number of amides is 1. The zero-order chi connectivity index (χ0) is 21.4. The van der Waals surface area contributed by atoms with Crippen molar-refractivity contribution in [3.8, 4) is 5.75 Å². The number of furan rings is 1. The summed E-state index contributed by atoms with van der Waals surface area (Å²) in [6.45, 7) is 1.90. The van der Waals surface area contributed by atoms with Crippen molar-refractivity contribution in [2.24, 2.45) is 7.05 Å². The molecule has 1 aliphatic heterocycles. The molecule has 0 saturated carbocycles. The molecule has 3 aromatic rings. The number of ether oxygens (including phenoxy) is 1. The predicted molar refractivity (Wildman–Crippen MR) is 114 cm³/mol. The quantitative estimate of drug-likeness (QED) is 0.472. The van der Waals surface area contributed by atoms with Crippen LogP contribution in [0.3, 0.4) is 0 Å². The van der Waals surface area contributed by atoms with Crippen molar-refractivity contribution in [2.75, 3.05) is 4.90 Å². The highest BCUT2D eigenvalue weighted by molar-refractivity contribution is 7.80. The first kappa shape index (κ1) is 20.1. The van der Waals surface area contributed by atoms with Crippen molar-refractivity contribution >= 4 is 46.6 Å². The number of rotatable bonds is 5. The van der Waals surface area contributed by atoms with Gasteiger partial charge in [0, 0.05) is 19.3 Å². The number of carbonyl (C=O) groups excluding carboxylic acids is 1. The van der Waals surface area contributed by atoms with Gasteiger partial charge in [-0.15, -0.1) is 0 Å². The largest absolute Gasteiger partial charge is 0.484 e. The zero-order valence-corrected chi connectivity index (χ0v) is 17.6. The van der Waals surface area contributed by atoms with Gasteiger partial charge in [-0.2, -0.15) is 5.10 Å². The molecule has 0 bridgehead atoms. The van der Waals surface area contributed by atoms with Gasteiger partial charge in [-0.1, -0.05) is 11.6 Å². The second-order valence-corrected chi connectivity index (χ2v) is 7.36. The molecule has 1 saturated heterocycles. The lowest BCUT2D eigenvalue weighted by Crippen LogP contribution is -2.30. The van der Waals surface area contributed by atoms with E-state index in [0.717, 1.165) is 0 Å². The smallest absolute Gasteiger partial charge is 0.281 e. The van der Waals surface area contributed by atoms with Crippen LogP contribution in [0.15, 0.2) is 46.6 Å². The molecular formula is C20H16ClFN4O3S. The van der Waals surface area contributed by atoms with Crippen LogP contribution in [-0.4, -0.2) is 20.8 Å². The van der Waals surface area contributed by atoms with Crippen LogP contribution < -0.4 is 15.0 Å². The number of benzene rings is 1. The Morgan fingerprint density at radius 2 is 2.17 bits per heavy atom. The first-order valence-electron chi connectivity index (χ1n) is 8.86. The fourth-order valence-corrected chi connectivity index (χ4v) is 3.51. The highest BCUT2D eigenvalue weighted by atomic mass is 35.5. The summed E-state index contributed by atoms with van der Waals surface area (Å²) < 4.78 is 26.0. The van der Waals surface area contributed by atoms with Crippen molar-refractivity contribution in [3.63, 3.8) is 0 Å². The van der Waals surface area contributed by atoms with Gasteiger partial charge in [0.05, 0.1) is 16.4 Å². The monoisotopic (exact) mass is 446 g/mol. The van der Waals surface area contributed by atoms with Gasteiger partial charge in [0.15, 0.2) is 5.11 Å². The van der Waals surface area contributed by atoms with Crippen LogP contribution in [0, 0.1) is 12.7 Å². The number of aromatic nitrogens is 2. The van der Waals surface area contributed by atoms with Crippen LogP contribution in [0.25, 0.3) is 6.08 Å². The van der Waals surface area contributed by atoms with E-state index in [-0.39, 0.29) is 28.3 Å². The van der Waals surface area contributed by atoms with Gasteiger partial charge < -0.3 is 14.5 Å². The van der Waals surface area contributed by atoms with Crippen LogP contribution in [0.2, 0.25) is 5.02 Å². The number of aryl methyl sites for hydroxylation is 2. The molecule has 10 heteroatoms. The van der Waals surface area contributed by atoms with E-state index < -0.39 is 5.82 Å². The third-order valence-electron chi connectivity index (χ3n) is 4.34. The van der Waals surface area contributed by atoms with Gasteiger partial charge in [0.25, 0.3) is 5.91 Å². The van der Waals surface area contributed by atoms with Crippen molar-refractivity contribution < 1.29 is 18.3 Å². The molecule has 0 aliphatic carbocycles. The van der Waals surface area contributed by atoms with E-state index in [1.165, 1.54) is 23.1 Å². The van der Waals surface area contributed by atoms with Crippen LogP contribution in [0.4, 0.5) is 10.1 Å². The number of thiocarbonyl (C=S) groups is 1. The molecule has 1 amide bonds. The van der Waals surface area contributed by atoms with Gasteiger partial charge >= 0.3 is 0 Å². The molecule has 1 aromatic carbocycles. The summed E-state index contributed by atoms with van der Waals surface area (Å²) in [4.78, 5) is 14.2. The van der Waals surface area contributed by atoms with E-state index in [1.807, 2.05) is 0 Å². The molecule has 1 aliphatic rings. The molecule has 30 heavy (non-hydrogen) atoms. The topological polar surface area (TPSA) is 72.5 Å². The molecule has 0 unspecified atom stereocenters. The summed E-state index contributed by atoms with van der Waals surface area (Å²) in [6, 6.07) is 7.29. The zero-order valence-electron chi connectivity index (χ0n) is 16.0. The van der Waals surface area contributed by atoms with Gasteiger partial charge in [-0.25, -0.2) is 9.29 Å². The Morgan fingerprint density at radius 3 is 2.87 bits per heavy atom. The number of nitrogens with one attached hydrogen (secondary N) is 1. The highest BCUT2D eigenvalue weighted by Crippen LogP contribution is 2.27. The first-order chi connectivity index (χ1) is 14.3. The summed E-state index contributed by atoms with van der Waals surface area (Å²) >= 11 is 11.3. The summed E-state index contributed by atoms with van der Waals surface area (Å²) in [5.74, 6) is 0.553. The molecule has 0 radical (unpaired) electrons. The molecule has 0 spiro atoms. The van der Waals surface area contributed by atoms with E-state index in [2.05, 4.69) is 10.4 Å². The summed E-state index contributed by atoms with van der Waals surface area (Å²) in [6.07, 6.45) is 3.29. The Labute approximate surface area is 181 Å². The molecule has 7 nitrogen and oxygen atoms in total. The van der Waals surface area contributed by atoms with Gasteiger partial charge in [0.1, 0.15) is 35.4 Å². The Kier molecular flexibility index (Phi) is 5.31. The standard InChI is InChI=1S/C20H16ClFN4O3S/c1-11-17(9-25(2)24-11)26-19(27)16(23-20(26)30)8-13-4-5-14(29-13)10-28-18-6-3-12(22)7-15(18)21/h3-9H,10H2,1-2H3,(H,23,30)/b16-8+. The summed E-state index contributed by atoms with van der Waals surface area (Å²) in [5, 5.41) is 7.59. The Morgan fingerprint density at radius 1 is 1.37 bits per heavy atom. The lowest BCUT2D eigenvalue weighted by Gasteiger charge is -2.11. The molecule has 3 heterocycles. The molecule has 2 aromatic heterocycles.